The molecular formula is C38H71NO4. The molecular weight excluding hydrogens is 534 g/mol. The first kappa shape index (κ1) is 41.6. The van der Waals surface area contributed by atoms with Crippen LogP contribution in [0, 0.1) is 0 Å². The summed E-state index contributed by atoms with van der Waals surface area (Å²) in [6.45, 7) is 4.10. The zero-order valence-corrected chi connectivity index (χ0v) is 28.3. The van der Waals surface area contributed by atoms with Crippen LogP contribution in [-0.2, 0) is 4.79 Å². The van der Waals surface area contributed by atoms with Gasteiger partial charge in [0.15, 0.2) is 0 Å². The fourth-order valence-electron chi connectivity index (χ4n) is 5.29. The van der Waals surface area contributed by atoms with E-state index in [1.54, 1.807) is 0 Å². The van der Waals surface area contributed by atoms with Crippen LogP contribution in [0.25, 0.3) is 0 Å². The maximum absolute atomic E-state index is 12.3. The maximum Gasteiger partial charge on any atom is 0.220 e. The lowest BCUT2D eigenvalue weighted by molar-refractivity contribution is -0.124. The van der Waals surface area contributed by atoms with Crippen LogP contribution in [0.3, 0.4) is 0 Å². The number of carbonyl (C=O) groups excluding carboxylic acids is 1. The summed E-state index contributed by atoms with van der Waals surface area (Å²) in [6, 6.07) is -0.831. The number of nitrogens with one attached hydrogen (secondary N) is 1. The molecule has 0 aliphatic heterocycles. The SMILES string of the molecule is CCCCC/C=C/CC/C=C/CCCC(O)C(O)C(CO)NC(=O)CCCCCCCCC/C=C\CCCCCCCC. The summed E-state index contributed by atoms with van der Waals surface area (Å²) < 4.78 is 0. The van der Waals surface area contributed by atoms with Crippen LogP contribution in [0.2, 0.25) is 0 Å². The summed E-state index contributed by atoms with van der Waals surface area (Å²) in [5.74, 6) is -0.166. The van der Waals surface area contributed by atoms with Gasteiger partial charge in [-0.05, 0) is 77.0 Å². The Morgan fingerprint density at radius 3 is 1.47 bits per heavy atom. The lowest BCUT2D eigenvalue weighted by atomic mass is 10.0. The number of rotatable bonds is 32. The van der Waals surface area contributed by atoms with Crippen molar-refractivity contribution in [2.24, 2.45) is 0 Å². The number of allylic oxidation sites excluding steroid dienone is 6. The monoisotopic (exact) mass is 606 g/mol. The highest BCUT2D eigenvalue weighted by molar-refractivity contribution is 5.76. The van der Waals surface area contributed by atoms with Crippen molar-refractivity contribution in [1.29, 1.82) is 0 Å². The second-order valence-electron chi connectivity index (χ2n) is 12.4. The summed E-state index contributed by atoms with van der Waals surface area (Å²) >= 11 is 0. The van der Waals surface area contributed by atoms with E-state index in [1.807, 2.05) is 0 Å². The third kappa shape index (κ3) is 29.1. The molecule has 3 unspecified atom stereocenters. The first-order valence-corrected chi connectivity index (χ1v) is 18.3. The molecule has 1 amide bonds. The van der Waals surface area contributed by atoms with E-state index < -0.39 is 18.2 Å². The Kier molecular flexibility index (Phi) is 32.3. The summed E-state index contributed by atoms with van der Waals surface area (Å²) in [5, 5.41) is 33.2. The molecule has 0 aromatic heterocycles. The van der Waals surface area contributed by atoms with Gasteiger partial charge in [-0.15, -0.1) is 0 Å². The Morgan fingerprint density at radius 2 is 0.953 bits per heavy atom. The van der Waals surface area contributed by atoms with Crippen LogP contribution in [0.1, 0.15) is 174 Å². The molecule has 4 N–H and O–H groups in total. The molecule has 0 aromatic rings. The molecule has 0 aliphatic carbocycles. The van der Waals surface area contributed by atoms with Gasteiger partial charge < -0.3 is 20.6 Å². The third-order valence-electron chi connectivity index (χ3n) is 8.19. The van der Waals surface area contributed by atoms with E-state index in [0.29, 0.717) is 12.8 Å². The molecule has 0 fully saturated rings. The highest BCUT2D eigenvalue weighted by Gasteiger charge is 2.26. The average molecular weight is 606 g/mol. The van der Waals surface area contributed by atoms with Crippen molar-refractivity contribution in [2.75, 3.05) is 6.61 Å². The molecule has 5 nitrogen and oxygen atoms in total. The van der Waals surface area contributed by atoms with Crippen molar-refractivity contribution >= 4 is 5.91 Å². The molecule has 252 valence electrons. The largest absolute Gasteiger partial charge is 0.394 e. The van der Waals surface area contributed by atoms with Crippen molar-refractivity contribution < 1.29 is 20.1 Å². The van der Waals surface area contributed by atoms with Gasteiger partial charge in [0.05, 0.1) is 18.8 Å². The fraction of sp³-hybridized carbons (Fsp3) is 0.816. The molecule has 0 heterocycles. The van der Waals surface area contributed by atoms with Crippen LogP contribution in [-0.4, -0.2) is 46.1 Å². The lowest BCUT2D eigenvalue weighted by Crippen LogP contribution is -2.50. The Labute approximate surface area is 266 Å². The number of amides is 1. The van der Waals surface area contributed by atoms with Gasteiger partial charge in [0.2, 0.25) is 5.91 Å². The van der Waals surface area contributed by atoms with E-state index >= 15 is 0 Å². The summed E-state index contributed by atoms with van der Waals surface area (Å²) in [6.07, 6.45) is 39.5. The van der Waals surface area contributed by atoms with Crippen molar-refractivity contribution in [3.05, 3.63) is 36.5 Å². The van der Waals surface area contributed by atoms with Gasteiger partial charge in [0, 0.05) is 6.42 Å². The molecule has 5 heteroatoms. The van der Waals surface area contributed by atoms with Gasteiger partial charge in [-0.2, -0.15) is 0 Å². The van der Waals surface area contributed by atoms with Gasteiger partial charge >= 0.3 is 0 Å². The van der Waals surface area contributed by atoms with Gasteiger partial charge in [0.25, 0.3) is 0 Å². The number of unbranched alkanes of at least 4 members (excludes halogenated alkanes) is 18. The molecule has 0 aromatic carbocycles. The average Bonchev–Trinajstić information content (AvgIpc) is 3.01. The zero-order chi connectivity index (χ0) is 31.6. The second kappa shape index (κ2) is 33.5. The quantitative estimate of drug-likeness (QED) is 0.0454. The smallest absolute Gasteiger partial charge is 0.220 e. The molecule has 3 atom stereocenters. The molecule has 0 bridgehead atoms. The van der Waals surface area contributed by atoms with E-state index in [-0.39, 0.29) is 12.5 Å². The van der Waals surface area contributed by atoms with Crippen LogP contribution >= 0.6 is 0 Å². The number of carbonyl (C=O) groups is 1. The first-order chi connectivity index (χ1) is 21.1. The lowest BCUT2D eigenvalue weighted by Gasteiger charge is -2.26. The van der Waals surface area contributed by atoms with Crippen LogP contribution < -0.4 is 5.32 Å². The third-order valence-corrected chi connectivity index (χ3v) is 8.19. The number of aliphatic hydroxyl groups excluding tert-OH is 3. The van der Waals surface area contributed by atoms with Crippen molar-refractivity contribution in [1.82, 2.24) is 5.32 Å². The minimum atomic E-state index is -1.17. The molecule has 0 spiro atoms. The topological polar surface area (TPSA) is 89.8 Å². The Balaban J connectivity index is 3.76. The minimum absolute atomic E-state index is 0.166. The summed E-state index contributed by atoms with van der Waals surface area (Å²) in [4.78, 5) is 12.3. The second-order valence-corrected chi connectivity index (χ2v) is 12.4. The van der Waals surface area contributed by atoms with E-state index in [0.717, 1.165) is 44.9 Å². The van der Waals surface area contributed by atoms with Gasteiger partial charge in [-0.25, -0.2) is 0 Å². The fourth-order valence-corrected chi connectivity index (χ4v) is 5.29. The normalized spacial score (nSPS) is 14.3. The molecule has 0 aliphatic rings. The number of aliphatic hydroxyl groups is 3. The predicted molar refractivity (Wildman–Crippen MR) is 185 cm³/mol. The molecule has 0 radical (unpaired) electrons. The van der Waals surface area contributed by atoms with Gasteiger partial charge in [-0.1, -0.05) is 127 Å². The van der Waals surface area contributed by atoms with Crippen LogP contribution in [0.5, 0.6) is 0 Å². The van der Waals surface area contributed by atoms with Crippen LogP contribution in [0.4, 0.5) is 0 Å². The van der Waals surface area contributed by atoms with Crippen LogP contribution in [0.15, 0.2) is 36.5 Å². The predicted octanol–water partition coefficient (Wildman–Crippen LogP) is 9.65. The highest BCUT2D eigenvalue weighted by atomic mass is 16.3. The van der Waals surface area contributed by atoms with Crippen molar-refractivity contribution in [3.8, 4) is 0 Å². The first-order valence-electron chi connectivity index (χ1n) is 18.3. The van der Waals surface area contributed by atoms with Crippen molar-refractivity contribution in [2.45, 2.75) is 193 Å². The summed E-state index contributed by atoms with van der Waals surface area (Å²) in [5.41, 5.74) is 0. The van der Waals surface area contributed by atoms with Gasteiger partial charge in [0.1, 0.15) is 6.10 Å². The maximum atomic E-state index is 12.3. The Hall–Kier alpha value is -1.43. The van der Waals surface area contributed by atoms with E-state index in [1.165, 1.54) is 103 Å². The number of hydrogen-bond acceptors (Lipinski definition) is 4. The van der Waals surface area contributed by atoms with E-state index in [9.17, 15) is 20.1 Å². The van der Waals surface area contributed by atoms with E-state index in [4.69, 9.17) is 0 Å². The highest BCUT2D eigenvalue weighted by Crippen LogP contribution is 2.13. The van der Waals surface area contributed by atoms with E-state index in [2.05, 4.69) is 55.6 Å². The Morgan fingerprint density at radius 1 is 0.558 bits per heavy atom. The van der Waals surface area contributed by atoms with Gasteiger partial charge in [-0.3, -0.25) is 4.79 Å². The van der Waals surface area contributed by atoms with Crippen molar-refractivity contribution in [3.63, 3.8) is 0 Å². The molecule has 0 saturated carbocycles. The molecule has 0 rings (SSSR count). The Bertz CT molecular complexity index is 675. The zero-order valence-electron chi connectivity index (χ0n) is 28.3. The standard InChI is InChI=1S/C38H71NO4/c1-3-5-7-9-11-13-15-17-18-19-20-21-23-25-27-29-31-33-37(42)39-35(34-40)38(43)36(41)32-30-28-26-24-22-16-14-12-10-8-6-4-2/h12,14,17-18,24,26,35-36,38,40-41,43H,3-11,13,15-16,19-23,25,27-34H2,1-2H3,(H,39,42)/b14-12+,18-17-,26-24+. The molecule has 43 heavy (non-hydrogen) atoms. The summed E-state index contributed by atoms with van der Waals surface area (Å²) in [7, 11) is 0. The minimum Gasteiger partial charge on any atom is -0.394 e. The number of hydrogen-bond donors (Lipinski definition) is 4. The molecule has 0 saturated heterocycles.